The molecule has 1 atom stereocenters. The Morgan fingerprint density at radius 2 is 2.00 bits per heavy atom. The van der Waals surface area contributed by atoms with Crippen LogP contribution in [-0.4, -0.2) is 27.4 Å². The molecule has 0 saturated heterocycles. The van der Waals surface area contributed by atoms with Crippen LogP contribution in [0.3, 0.4) is 0 Å². The third kappa shape index (κ3) is 5.68. The van der Waals surface area contributed by atoms with Crippen molar-refractivity contribution in [3.05, 3.63) is 12.3 Å². The molecule has 0 fully saturated rings. The predicted molar refractivity (Wildman–Crippen MR) is 40.8 cm³/mol. The Bertz CT molecular complexity index is 209. The molecule has 0 aliphatic rings. The molecule has 0 amide bonds. The SMILES string of the molecule is O=C(O)CC(C/C=C\OO)C(=O)O. The maximum absolute atomic E-state index is 10.4. The van der Waals surface area contributed by atoms with Gasteiger partial charge < -0.3 is 15.1 Å². The molecule has 0 aliphatic carbocycles. The van der Waals surface area contributed by atoms with Crippen molar-refractivity contribution in [3.8, 4) is 0 Å². The van der Waals surface area contributed by atoms with E-state index in [1.807, 2.05) is 0 Å². The molecule has 1 unspecified atom stereocenters. The fourth-order valence-electron chi connectivity index (χ4n) is 0.745. The van der Waals surface area contributed by atoms with Gasteiger partial charge in [-0.1, -0.05) is 0 Å². The fraction of sp³-hybridized carbons (Fsp3) is 0.429. The van der Waals surface area contributed by atoms with Gasteiger partial charge in [-0.25, -0.2) is 5.26 Å². The lowest BCUT2D eigenvalue weighted by Crippen LogP contribution is -2.16. The summed E-state index contributed by atoms with van der Waals surface area (Å²) >= 11 is 0. The highest BCUT2D eigenvalue weighted by Gasteiger charge is 2.19. The zero-order chi connectivity index (χ0) is 10.3. The monoisotopic (exact) mass is 190 g/mol. The number of hydrogen-bond donors (Lipinski definition) is 3. The molecule has 0 bridgehead atoms. The number of carboxylic acid groups (broad SMARTS) is 2. The van der Waals surface area contributed by atoms with Crippen LogP contribution in [0.25, 0.3) is 0 Å². The zero-order valence-electron chi connectivity index (χ0n) is 6.71. The Morgan fingerprint density at radius 3 is 2.38 bits per heavy atom. The smallest absolute Gasteiger partial charge is 0.307 e. The lowest BCUT2D eigenvalue weighted by Gasteiger charge is -2.04. The minimum atomic E-state index is -1.19. The molecule has 0 aromatic carbocycles. The predicted octanol–water partition coefficient (Wildman–Crippen LogP) is 0.555. The Kier molecular flexibility index (Phi) is 5.29. The van der Waals surface area contributed by atoms with E-state index < -0.39 is 24.3 Å². The summed E-state index contributed by atoms with van der Waals surface area (Å²) in [6.45, 7) is 0. The lowest BCUT2D eigenvalue weighted by atomic mass is 10.0. The Balaban J connectivity index is 4.02. The highest BCUT2D eigenvalue weighted by atomic mass is 17.1. The molecular formula is C7H10O6. The van der Waals surface area contributed by atoms with Crippen LogP contribution in [0.1, 0.15) is 12.8 Å². The van der Waals surface area contributed by atoms with Crippen LogP contribution < -0.4 is 0 Å². The van der Waals surface area contributed by atoms with Crippen LogP contribution in [0.15, 0.2) is 12.3 Å². The van der Waals surface area contributed by atoms with E-state index >= 15 is 0 Å². The van der Waals surface area contributed by atoms with Gasteiger partial charge in [0.25, 0.3) is 0 Å². The molecule has 0 aromatic rings. The van der Waals surface area contributed by atoms with Gasteiger partial charge in [0.15, 0.2) is 0 Å². The Morgan fingerprint density at radius 1 is 1.38 bits per heavy atom. The number of hydrogen-bond acceptors (Lipinski definition) is 4. The van der Waals surface area contributed by atoms with Crippen molar-refractivity contribution in [2.75, 3.05) is 0 Å². The van der Waals surface area contributed by atoms with Gasteiger partial charge in [-0.2, -0.15) is 0 Å². The summed E-state index contributed by atoms with van der Waals surface area (Å²) in [7, 11) is 0. The number of carbonyl (C=O) groups is 2. The minimum absolute atomic E-state index is 0.00218. The van der Waals surface area contributed by atoms with E-state index in [9.17, 15) is 9.59 Å². The largest absolute Gasteiger partial charge is 0.481 e. The molecule has 74 valence electrons. The summed E-state index contributed by atoms with van der Waals surface area (Å²) in [4.78, 5) is 24.2. The van der Waals surface area contributed by atoms with Crippen molar-refractivity contribution in [1.82, 2.24) is 0 Å². The van der Waals surface area contributed by atoms with E-state index in [2.05, 4.69) is 4.89 Å². The highest BCUT2D eigenvalue weighted by molar-refractivity contribution is 5.77. The molecule has 0 saturated carbocycles. The van der Waals surface area contributed by atoms with Gasteiger partial charge in [-0.15, -0.1) is 0 Å². The molecule has 0 rings (SSSR count). The lowest BCUT2D eigenvalue weighted by molar-refractivity contribution is -0.186. The van der Waals surface area contributed by atoms with Crippen LogP contribution in [0.2, 0.25) is 0 Å². The first-order valence-electron chi connectivity index (χ1n) is 3.47. The van der Waals surface area contributed by atoms with E-state index in [0.29, 0.717) is 0 Å². The molecule has 6 nitrogen and oxygen atoms in total. The summed E-state index contributed by atoms with van der Waals surface area (Å²) < 4.78 is 0. The second-order valence-corrected chi connectivity index (χ2v) is 2.35. The van der Waals surface area contributed by atoms with E-state index in [-0.39, 0.29) is 6.42 Å². The first-order chi connectivity index (χ1) is 6.07. The van der Waals surface area contributed by atoms with Crippen LogP contribution in [-0.2, 0) is 14.5 Å². The van der Waals surface area contributed by atoms with E-state index in [0.717, 1.165) is 6.26 Å². The second kappa shape index (κ2) is 6.01. The average molecular weight is 190 g/mol. The van der Waals surface area contributed by atoms with Gasteiger partial charge in [0, 0.05) is 0 Å². The summed E-state index contributed by atoms with van der Waals surface area (Å²) in [6.07, 6.45) is 1.67. The van der Waals surface area contributed by atoms with Crippen molar-refractivity contribution in [1.29, 1.82) is 0 Å². The van der Waals surface area contributed by atoms with Crippen molar-refractivity contribution in [2.45, 2.75) is 12.8 Å². The molecule has 0 aromatic heterocycles. The minimum Gasteiger partial charge on any atom is -0.481 e. The molecule has 13 heavy (non-hydrogen) atoms. The van der Waals surface area contributed by atoms with Gasteiger partial charge >= 0.3 is 11.9 Å². The molecular weight excluding hydrogens is 180 g/mol. The topological polar surface area (TPSA) is 104 Å². The Labute approximate surface area is 74.0 Å². The van der Waals surface area contributed by atoms with Crippen molar-refractivity contribution < 1.29 is 29.9 Å². The normalized spacial score (nSPS) is 12.7. The third-order valence-corrected chi connectivity index (χ3v) is 1.35. The van der Waals surface area contributed by atoms with Crippen molar-refractivity contribution >= 4 is 11.9 Å². The van der Waals surface area contributed by atoms with Gasteiger partial charge in [0.2, 0.25) is 0 Å². The van der Waals surface area contributed by atoms with Crippen molar-refractivity contribution in [2.24, 2.45) is 5.92 Å². The number of carboxylic acids is 2. The molecule has 0 heterocycles. The van der Waals surface area contributed by atoms with E-state index in [1.54, 1.807) is 0 Å². The van der Waals surface area contributed by atoms with Crippen LogP contribution in [0.4, 0.5) is 0 Å². The summed E-state index contributed by atoms with van der Waals surface area (Å²) in [5.74, 6) is -3.36. The molecule has 0 spiro atoms. The maximum atomic E-state index is 10.4. The quantitative estimate of drug-likeness (QED) is 0.321. The average Bonchev–Trinajstić information content (AvgIpc) is 2.02. The number of rotatable bonds is 6. The van der Waals surface area contributed by atoms with E-state index in [4.69, 9.17) is 15.5 Å². The van der Waals surface area contributed by atoms with Crippen LogP contribution in [0, 0.1) is 5.92 Å². The van der Waals surface area contributed by atoms with Gasteiger partial charge in [-0.3, -0.25) is 9.59 Å². The van der Waals surface area contributed by atoms with Gasteiger partial charge in [-0.05, 0) is 12.5 Å². The molecule has 0 radical (unpaired) electrons. The van der Waals surface area contributed by atoms with Gasteiger partial charge in [0.05, 0.1) is 12.3 Å². The van der Waals surface area contributed by atoms with Crippen molar-refractivity contribution in [3.63, 3.8) is 0 Å². The molecule has 3 N–H and O–H groups in total. The van der Waals surface area contributed by atoms with E-state index in [1.165, 1.54) is 6.08 Å². The highest BCUT2D eigenvalue weighted by Crippen LogP contribution is 2.09. The van der Waals surface area contributed by atoms with Gasteiger partial charge in [0.1, 0.15) is 6.26 Å². The molecule has 6 heteroatoms. The maximum Gasteiger partial charge on any atom is 0.307 e. The van der Waals surface area contributed by atoms with Crippen LogP contribution >= 0.6 is 0 Å². The molecule has 0 aliphatic heterocycles. The fourth-order valence-corrected chi connectivity index (χ4v) is 0.745. The number of allylic oxidation sites excluding steroid dienone is 1. The first kappa shape index (κ1) is 11.4. The summed E-state index contributed by atoms with van der Waals surface area (Å²) in [6, 6.07) is 0. The second-order valence-electron chi connectivity index (χ2n) is 2.35. The summed E-state index contributed by atoms with van der Waals surface area (Å²) in [5, 5.41) is 24.7. The van der Waals surface area contributed by atoms with Crippen LogP contribution in [0.5, 0.6) is 0 Å². The standard InChI is InChI=1S/C7H10O6/c8-6(9)4-5(7(10)11)2-1-3-13-12/h1,3,5,12H,2,4H2,(H,8,9)(H,10,11)/b3-1-. The Hall–Kier alpha value is -1.56. The zero-order valence-corrected chi connectivity index (χ0v) is 6.71. The first-order valence-corrected chi connectivity index (χ1v) is 3.47. The number of aliphatic carboxylic acids is 2. The summed E-state index contributed by atoms with van der Waals surface area (Å²) in [5.41, 5.74) is 0. The third-order valence-electron chi connectivity index (χ3n) is 1.35.